The molecule has 0 radical (unpaired) electrons. The zero-order chi connectivity index (χ0) is 29.7. The Balaban J connectivity index is 0.000000708. The lowest BCUT2D eigenvalue weighted by Crippen LogP contribution is -2.46. The Morgan fingerprint density at radius 1 is 0.975 bits per heavy atom. The summed E-state index contributed by atoms with van der Waals surface area (Å²) in [5, 5.41) is 17.5. The number of amides is 1. The lowest BCUT2D eigenvalue weighted by molar-refractivity contribution is -0.344. The Morgan fingerprint density at radius 3 is 2.05 bits per heavy atom. The summed E-state index contributed by atoms with van der Waals surface area (Å²) in [5.41, 5.74) is 8.73. The van der Waals surface area contributed by atoms with Gasteiger partial charge in [0.05, 0.1) is 24.6 Å². The Hall–Kier alpha value is -4.93. The van der Waals surface area contributed by atoms with E-state index in [2.05, 4.69) is 5.32 Å². The van der Waals surface area contributed by atoms with Crippen molar-refractivity contribution in [2.24, 2.45) is 11.7 Å². The molecule has 0 aliphatic rings. The van der Waals surface area contributed by atoms with Gasteiger partial charge in [-0.15, -0.1) is 0 Å². The van der Waals surface area contributed by atoms with Gasteiger partial charge in [-0.05, 0) is 41.8 Å². The number of carbonyl (C=O) groups excluding carboxylic acids is 3. The number of nitrogens with two attached hydrogens (primary N) is 2. The van der Waals surface area contributed by atoms with Crippen molar-refractivity contribution >= 4 is 29.8 Å². The van der Waals surface area contributed by atoms with Crippen LogP contribution in [0.4, 0.5) is 13.2 Å². The van der Waals surface area contributed by atoms with Gasteiger partial charge >= 0.3 is 12.1 Å². The van der Waals surface area contributed by atoms with E-state index in [0.717, 1.165) is 11.1 Å². The van der Waals surface area contributed by atoms with E-state index in [4.69, 9.17) is 25.8 Å². The number of hydrogen-bond donors (Lipinski definition) is 3. The lowest BCUT2D eigenvalue weighted by Gasteiger charge is -2.24. The van der Waals surface area contributed by atoms with Gasteiger partial charge in [0, 0.05) is 5.56 Å². The zero-order valence-electron chi connectivity index (χ0n) is 21.4. The predicted molar refractivity (Wildman–Crippen MR) is 140 cm³/mol. The van der Waals surface area contributed by atoms with E-state index in [9.17, 15) is 22.8 Å². The van der Waals surface area contributed by atoms with Crippen molar-refractivity contribution in [1.29, 1.82) is 0 Å². The number of methoxy groups -OCH3 is 1. The maximum atomic E-state index is 12.9. The summed E-state index contributed by atoms with van der Waals surface area (Å²) in [6.07, 6.45) is -1.16. The SMILES string of the molecule is COC(=O)[C@H](Cc1cccc(C(N)=[NH2+])c1)[C@@H](/C=C/c1ccccc1)NC(=O)c1ccccc1.O=C([O-])C(F)(F)F. The molecule has 1 amide bonds. The predicted octanol–water partition coefficient (Wildman–Crippen LogP) is 1.29. The number of carboxylic acids is 1. The first-order valence-electron chi connectivity index (χ1n) is 11.8. The van der Waals surface area contributed by atoms with Crippen molar-refractivity contribution in [3.63, 3.8) is 0 Å². The second-order valence-corrected chi connectivity index (χ2v) is 8.41. The lowest BCUT2D eigenvalue weighted by atomic mass is 9.90. The first-order valence-corrected chi connectivity index (χ1v) is 11.8. The maximum Gasteiger partial charge on any atom is 0.430 e. The van der Waals surface area contributed by atoms with Gasteiger partial charge in [-0.25, -0.2) is 0 Å². The number of alkyl halides is 3. The van der Waals surface area contributed by atoms with E-state index in [1.165, 1.54) is 7.11 Å². The third-order valence-electron chi connectivity index (χ3n) is 5.51. The van der Waals surface area contributed by atoms with Gasteiger partial charge in [-0.1, -0.05) is 72.8 Å². The number of benzene rings is 3. The molecular weight excluding hydrogens is 527 g/mol. The Kier molecular flexibility index (Phi) is 11.6. The summed E-state index contributed by atoms with van der Waals surface area (Å²) in [4.78, 5) is 34.6. The molecule has 0 saturated heterocycles. The minimum Gasteiger partial charge on any atom is -0.542 e. The number of carbonyl (C=O) groups is 3. The molecule has 0 fully saturated rings. The molecule has 8 nitrogen and oxygen atoms in total. The number of ether oxygens (including phenoxy) is 1. The Bertz CT molecular complexity index is 1330. The number of hydrogen-bond acceptors (Lipinski definition) is 5. The van der Waals surface area contributed by atoms with Gasteiger partial charge in [0.2, 0.25) is 0 Å². The van der Waals surface area contributed by atoms with Crippen molar-refractivity contribution < 1.29 is 42.8 Å². The highest BCUT2D eigenvalue weighted by atomic mass is 19.4. The van der Waals surface area contributed by atoms with Crippen molar-refractivity contribution in [2.45, 2.75) is 18.6 Å². The van der Waals surface area contributed by atoms with E-state index in [-0.39, 0.29) is 11.7 Å². The molecule has 0 bridgehead atoms. The van der Waals surface area contributed by atoms with Crippen LogP contribution in [0.2, 0.25) is 0 Å². The van der Waals surface area contributed by atoms with Gasteiger partial charge in [-0.2, -0.15) is 13.2 Å². The van der Waals surface area contributed by atoms with Crippen LogP contribution in [0.15, 0.2) is 91.0 Å². The number of aliphatic carboxylic acids is 1. The molecule has 0 aliphatic carbocycles. The quantitative estimate of drug-likeness (QED) is 0.206. The van der Waals surface area contributed by atoms with Crippen LogP contribution in [0.3, 0.4) is 0 Å². The fourth-order valence-electron chi connectivity index (χ4n) is 3.53. The molecule has 0 saturated carbocycles. The molecule has 5 N–H and O–H groups in total. The summed E-state index contributed by atoms with van der Waals surface area (Å²) in [7, 11) is 1.34. The van der Waals surface area contributed by atoms with Gasteiger partial charge < -0.3 is 20.0 Å². The smallest absolute Gasteiger partial charge is 0.430 e. The van der Waals surface area contributed by atoms with Crippen molar-refractivity contribution in [3.8, 4) is 0 Å². The molecule has 0 heterocycles. The summed E-state index contributed by atoms with van der Waals surface area (Å²) in [6, 6.07) is 25.3. The van der Waals surface area contributed by atoms with Crippen LogP contribution in [0.5, 0.6) is 0 Å². The number of amidine groups is 1. The molecule has 210 valence electrons. The molecule has 0 aromatic heterocycles. The van der Waals surface area contributed by atoms with E-state index in [0.29, 0.717) is 17.5 Å². The summed E-state index contributed by atoms with van der Waals surface area (Å²) in [5.74, 6) is -4.18. The summed E-state index contributed by atoms with van der Waals surface area (Å²) in [6.45, 7) is 0. The first kappa shape index (κ1) is 31.3. The molecule has 2 atom stereocenters. The van der Waals surface area contributed by atoms with Gasteiger partial charge in [0.1, 0.15) is 5.97 Å². The Morgan fingerprint density at radius 2 is 1.52 bits per heavy atom. The zero-order valence-corrected chi connectivity index (χ0v) is 21.4. The fourth-order valence-corrected chi connectivity index (χ4v) is 3.53. The number of esters is 1. The normalized spacial score (nSPS) is 12.4. The van der Waals surface area contributed by atoms with E-state index in [1.807, 2.05) is 66.7 Å². The van der Waals surface area contributed by atoms with E-state index < -0.39 is 30.1 Å². The van der Waals surface area contributed by atoms with Crippen LogP contribution in [0, 0.1) is 5.92 Å². The van der Waals surface area contributed by atoms with Crippen LogP contribution in [-0.2, 0) is 20.7 Å². The molecule has 3 aromatic rings. The van der Waals surface area contributed by atoms with Gasteiger partial charge in [0.25, 0.3) is 11.7 Å². The van der Waals surface area contributed by atoms with Crippen molar-refractivity contribution in [2.75, 3.05) is 7.11 Å². The Labute approximate surface area is 228 Å². The molecule has 3 aromatic carbocycles. The molecule has 11 heteroatoms. The fraction of sp³-hybridized carbons (Fsp3) is 0.172. The van der Waals surface area contributed by atoms with Crippen LogP contribution in [-0.4, -0.2) is 43.0 Å². The highest BCUT2D eigenvalue weighted by Crippen LogP contribution is 2.19. The monoisotopic (exact) mass is 555 g/mol. The van der Waals surface area contributed by atoms with Crippen molar-refractivity contribution in [3.05, 3.63) is 113 Å². The third kappa shape index (κ3) is 10.1. The molecule has 3 rings (SSSR count). The highest BCUT2D eigenvalue weighted by molar-refractivity contribution is 5.95. The van der Waals surface area contributed by atoms with Crippen molar-refractivity contribution in [1.82, 2.24) is 5.32 Å². The summed E-state index contributed by atoms with van der Waals surface area (Å²) >= 11 is 0. The van der Waals surface area contributed by atoms with Crippen LogP contribution in [0.1, 0.15) is 27.0 Å². The summed E-state index contributed by atoms with van der Waals surface area (Å²) < 4.78 is 36.7. The van der Waals surface area contributed by atoms with Crippen LogP contribution >= 0.6 is 0 Å². The minimum atomic E-state index is -5.19. The third-order valence-corrected chi connectivity index (χ3v) is 5.51. The average Bonchev–Trinajstić information content (AvgIpc) is 2.94. The average molecular weight is 556 g/mol. The number of nitrogens with one attached hydrogen (secondary N) is 1. The number of halogens is 3. The van der Waals surface area contributed by atoms with E-state index in [1.54, 1.807) is 30.3 Å². The molecular formula is C29H28F3N3O5. The minimum absolute atomic E-state index is 0.198. The molecule has 0 aliphatic heterocycles. The van der Waals surface area contributed by atoms with Crippen LogP contribution < -0.4 is 21.6 Å². The highest BCUT2D eigenvalue weighted by Gasteiger charge is 2.30. The standard InChI is InChI=1S/C27H27N3O3.C2HF3O2/c1-33-27(32)23(18-20-11-8-14-22(17-20)25(28)29)24(16-15-19-9-4-2-5-10-19)30-26(31)21-12-6-3-7-13-21;3-2(4,5)1(6)7/h2-17,23-24H,18H2,1H3,(H3,28,29)(H,30,31);(H,6,7)/b16-15+;/t23-,24-;/m1./s1. The van der Waals surface area contributed by atoms with Gasteiger partial charge in [-0.3, -0.25) is 20.7 Å². The number of rotatable bonds is 9. The van der Waals surface area contributed by atoms with Crippen LogP contribution in [0.25, 0.3) is 6.08 Å². The first-order chi connectivity index (χ1) is 18.9. The second-order valence-electron chi connectivity index (χ2n) is 8.41. The van der Waals surface area contributed by atoms with Gasteiger partial charge in [0.15, 0.2) is 0 Å². The molecule has 0 unspecified atom stereocenters. The molecule has 40 heavy (non-hydrogen) atoms. The molecule has 0 spiro atoms. The van der Waals surface area contributed by atoms with E-state index >= 15 is 0 Å². The largest absolute Gasteiger partial charge is 0.542 e. The topological polar surface area (TPSA) is 147 Å². The maximum absolute atomic E-state index is 12.9. The second kappa shape index (κ2) is 14.9. The number of carboxylic acid groups (broad SMARTS) is 1.